The molecule has 1 aliphatic rings. The van der Waals surface area contributed by atoms with E-state index in [4.69, 9.17) is 5.53 Å². The second-order valence-electron chi connectivity index (χ2n) is 6.82. The van der Waals surface area contributed by atoms with Crippen molar-refractivity contribution in [2.45, 2.75) is 26.3 Å². The Morgan fingerprint density at radius 3 is 2.61 bits per heavy atom. The molecular weight excluding hydrogens is 359 g/mol. The molecule has 2 aromatic rings. The molecule has 0 atom stereocenters. The minimum atomic E-state index is -0.286. The van der Waals surface area contributed by atoms with Gasteiger partial charge in [0, 0.05) is 43.7 Å². The van der Waals surface area contributed by atoms with Crippen molar-refractivity contribution in [3.8, 4) is 0 Å². The molecular formula is C20H23FN6O. The van der Waals surface area contributed by atoms with Crippen LogP contribution in [-0.4, -0.2) is 42.0 Å². The predicted octanol–water partition coefficient (Wildman–Crippen LogP) is 3.48. The van der Waals surface area contributed by atoms with Gasteiger partial charge >= 0.3 is 0 Å². The lowest BCUT2D eigenvalue weighted by atomic mass is 10.0. The zero-order chi connectivity index (χ0) is 19.9. The van der Waals surface area contributed by atoms with Gasteiger partial charge in [-0.05, 0) is 47.7 Å². The topological polar surface area (TPSA) is 85.2 Å². The summed E-state index contributed by atoms with van der Waals surface area (Å²) in [7, 11) is 0. The first kappa shape index (κ1) is 19.6. The summed E-state index contributed by atoms with van der Waals surface area (Å²) in [6.07, 6.45) is 3.04. The van der Waals surface area contributed by atoms with E-state index in [-0.39, 0.29) is 18.3 Å². The highest BCUT2D eigenvalue weighted by atomic mass is 19.1. The molecule has 0 unspecified atom stereocenters. The van der Waals surface area contributed by atoms with E-state index in [0.29, 0.717) is 24.0 Å². The van der Waals surface area contributed by atoms with E-state index in [9.17, 15) is 9.18 Å². The molecule has 1 aliphatic heterocycles. The van der Waals surface area contributed by atoms with Gasteiger partial charge in [0.25, 0.3) is 0 Å². The first-order valence-corrected chi connectivity index (χ1v) is 9.30. The molecule has 0 spiro atoms. The summed E-state index contributed by atoms with van der Waals surface area (Å²) in [5.41, 5.74) is 11.6. The molecule has 146 valence electrons. The number of amides is 1. The van der Waals surface area contributed by atoms with Crippen LogP contribution in [0.2, 0.25) is 0 Å². The second kappa shape index (κ2) is 9.19. The summed E-state index contributed by atoms with van der Waals surface area (Å²) in [6.45, 7) is 4.81. The second-order valence-corrected chi connectivity index (χ2v) is 6.82. The Balaban J connectivity index is 1.55. The molecule has 2 heterocycles. The van der Waals surface area contributed by atoms with Crippen molar-refractivity contribution < 1.29 is 9.18 Å². The van der Waals surface area contributed by atoms with Gasteiger partial charge in [0.2, 0.25) is 5.91 Å². The van der Waals surface area contributed by atoms with Crippen molar-refractivity contribution in [1.82, 2.24) is 9.88 Å². The van der Waals surface area contributed by atoms with Gasteiger partial charge in [0.1, 0.15) is 5.82 Å². The number of rotatable bonds is 6. The van der Waals surface area contributed by atoms with E-state index in [2.05, 4.69) is 19.9 Å². The molecule has 3 rings (SSSR count). The van der Waals surface area contributed by atoms with Crippen molar-refractivity contribution in [2.24, 2.45) is 5.11 Å². The number of benzene rings is 1. The molecule has 28 heavy (non-hydrogen) atoms. The third-order valence-electron chi connectivity index (χ3n) is 4.98. The Hall–Kier alpha value is -3.12. The summed E-state index contributed by atoms with van der Waals surface area (Å²) >= 11 is 0. The summed E-state index contributed by atoms with van der Waals surface area (Å²) < 4.78 is 14.2. The molecule has 8 heteroatoms. The van der Waals surface area contributed by atoms with Crippen LogP contribution in [0.5, 0.6) is 0 Å². The number of aromatic nitrogens is 1. The van der Waals surface area contributed by atoms with Crippen LogP contribution in [0.3, 0.4) is 0 Å². The Labute approximate surface area is 163 Å². The predicted molar refractivity (Wildman–Crippen MR) is 105 cm³/mol. The first-order valence-electron chi connectivity index (χ1n) is 9.30. The van der Waals surface area contributed by atoms with E-state index in [0.717, 1.165) is 37.6 Å². The minimum absolute atomic E-state index is 0.117. The Bertz CT molecular complexity index is 871. The molecule has 1 aromatic carbocycles. The fourth-order valence-electron chi connectivity index (χ4n) is 3.30. The summed E-state index contributed by atoms with van der Waals surface area (Å²) in [6, 6.07) is 8.94. The molecule has 1 fully saturated rings. The van der Waals surface area contributed by atoms with Crippen LogP contribution in [0.15, 0.2) is 41.6 Å². The van der Waals surface area contributed by atoms with Gasteiger partial charge in [-0.25, -0.2) is 4.39 Å². The van der Waals surface area contributed by atoms with Gasteiger partial charge in [0.15, 0.2) is 0 Å². The minimum Gasteiger partial charge on any atom is -0.367 e. The lowest BCUT2D eigenvalue weighted by Crippen LogP contribution is -2.48. The zero-order valence-corrected chi connectivity index (χ0v) is 15.9. The zero-order valence-electron chi connectivity index (χ0n) is 15.9. The SMILES string of the molecule is CC(=O)N1CCN(c2ccc(CCc3ccc(CN=[N+]=[N-])cc3F)nc2)CC1. The molecule has 0 aliphatic carbocycles. The number of halogens is 1. The number of hydrogen-bond donors (Lipinski definition) is 0. The number of nitrogens with zero attached hydrogens (tertiary/aromatic N) is 6. The molecule has 1 aromatic heterocycles. The number of carbonyl (C=O) groups excluding carboxylic acids is 1. The molecule has 0 bridgehead atoms. The van der Waals surface area contributed by atoms with E-state index < -0.39 is 0 Å². The van der Waals surface area contributed by atoms with Crippen molar-refractivity contribution in [3.05, 3.63) is 69.6 Å². The van der Waals surface area contributed by atoms with E-state index in [1.807, 2.05) is 23.2 Å². The maximum absolute atomic E-state index is 14.2. The highest BCUT2D eigenvalue weighted by Gasteiger charge is 2.18. The third kappa shape index (κ3) is 4.98. The summed E-state index contributed by atoms with van der Waals surface area (Å²) in [4.78, 5) is 22.7. The van der Waals surface area contributed by atoms with Gasteiger partial charge in [0.05, 0.1) is 18.4 Å². The number of piperazine rings is 1. The van der Waals surface area contributed by atoms with Crippen LogP contribution < -0.4 is 4.90 Å². The van der Waals surface area contributed by atoms with Crippen molar-refractivity contribution in [1.29, 1.82) is 0 Å². The van der Waals surface area contributed by atoms with Gasteiger partial charge < -0.3 is 9.80 Å². The maximum Gasteiger partial charge on any atom is 0.219 e. The molecule has 0 saturated carbocycles. The number of aryl methyl sites for hydroxylation is 2. The normalized spacial score (nSPS) is 13.9. The maximum atomic E-state index is 14.2. The summed E-state index contributed by atoms with van der Waals surface area (Å²) in [5.74, 6) is -0.170. The highest BCUT2D eigenvalue weighted by molar-refractivity contribution is 5.73. The fourth-order valence-corrected chi connectivity index (χ4v) is 3.30. The number of anilines is 1. The van der Waals surface area contributed by atoms with Gasteiger partial charge in [-0.3, -0.25) is 9.78 Å². The monoisotopic (exact) mass is 382 g/mol. The number of carbonyl (C=O) groups is 1. The van der Waals surface area contributed by atoms with Gasteiger partial charge in [-0.15, -0.1) is 0 Å². The Morgan fingerprint density at radius 2 is 2.00 bits per heavy atom. The Kier molecular flexibility index (Phi) is 6.45. The van der Waals surface area contributed by atoms with Crippen LogP contribution in [0, 0.1) is 5.82 Å². The standard InChI is InChI=1S/C20H23FN6O/c1-15(28)26-8-10-27(11-9-26)19-7-6-18(23-14-19)5-4-17-3-2-16(12-20(17)21)13-24-25-22/h2-3,6-7,12,14H,4-5,8-11,13H2,1H3. The average molecular weight is 382 g/mol. The molecule has 1 amide bonds. The lowest BCUT2D eigenvalue weighted by Gasteiger charge is -2.35. The molecule has 0 radical (unpaired) electrons. The Morgan fingerprint density at radius 1 is 1.21 bits per heavy atom. The average Bonchev–Trinajstić information content (AvgIpc) is 2.72. The van der Waals surface area contributed by atoms with Crippen LogP contribution in [0.4, 0.5) is 10.1 Å². The van der Waals surface area contributed by atoms with Crippen LogP contribution in [0.25, 0.3) is 10.4 Å². The van der Waals surface area contributed by atoms with E-state index in [1.165, 1.54) is 6.07 Å². The fraction of sp³-hybridized carbons (Fsp3) is 0.400. The van der Waals surface area contributed by atoms with Crippen LogP contribution >= 0.6 is 0 Å². The van der Waals surface area contributed by atoms with Crippen LogP contribution in [-0.2, 0) is 24.2 Å². The number of hydrogen-bond acceptors (Lipinski definition) is 4. The van der Waals surface area contributed by atoms with Crippen LogP contribution in [0.1, 0.15) is 23.7 Å². The molecule has 1 saturated heterocycles. The van der Waals surface area contributed by atoms with E-state index in [1.54, 1.807) is 19.1 Å². The third-order valence-corrected chi connectivity index (χ3v) is 4.98. The molecule has 0 N–H and O–H groups in total. The van der Waals surface area contributed by atoms with Crippen molar-refractivity contribution >= 4 is 11.6 Å². The first-order chi connectivity index (χ1) is 13.6. The van der Waals surface area contributed by atoms with Gasteiger partial charge in [-0.1, -0.05) is 17.2 Å². The van der Waals surface area contributed by atoms with Gasteiger partial charge in [-0.2, -0.15) is 0 Å². The van der Waals surface area contributed by atoms with Crippen molar-refractivity contribution in [3.63, 3.8) is 0 Å². The quantitative estimate of drug-likeness (QED) is 0.435. The molecule has 7 nitrogen and oxygen atoms in total. The number of azide groups is 1. The van der Waals surface area contributed by atoms with E-state index >= 15 is 0 Å². The highest BCUT2D eigenvalue weighted by Crippen LogP contribution is 2.18. The lowest BCUT2D eigenvalue weighted by molar-refractivity contribution is -0.129. The largest absolute Gasteiger partial charge is 0.367 e. The number of pyridine rings is 1. The smallest absolute Gasteiger partial charge is 0.219 e. The summed E-state index contributed by atoms with van der Waals surface area (Å²) in [5, 5.41) is 3.45. The van der Waals surface area contributed by atoms with Crippen molar-refractivity contribution in [2.75, 3.05) is 31.1 Å².